The molecule has 6 nitrogen and oxygen atoms in total. The molecular formula is C20H33IN4O2. The molecule has 27 heavy (non-hydrogen) atoms. The number of nitrogens with zero attached hydrogens (tertiary/aromatic N) is 2. The van der Waals surface area contributed by atoms with E-state index in [1.54, 1.807) is 0 Å². The van der Waals surface area contributed by atoms with E-state index >= 15 is 0 Å². The lowest BCUT2D eigenvalue weighted by Crippen LogP contribution is -2.50. The fraction of sp³-hybridized carbons (Fsp3) is 0.650. The molecular weight excluding hydrogens is 455 g/mol. The number of likely N-dealkylation sites (N-methyl/N-ethyl adjacent to an activating group) is 1. The molecule has 0 aromatic heterocycles. The zero-order valence-corrected chi connectivity index (χ0v) is 19.0. The number of ether oxygens (including phenoxy) is 2. The molecule has 1 aromatic rings. The second-order valence-electron chi connectivity index (χ2n) is 7.86. The number of benzene rings is 1. The van der Waals surface area contributed by atoms with Gasteiger partial charge in [-0.1, -0.05) is 19.8 Å². The van der Waals surface area contributed by atoms with Gasteiger partial charge in [-0.2, -0.15) is 0 Å². The zero-order chi connectivity index (χ0) is 18.6. The van der Waals surface area contributed by atoms with Gasteiger partial charge in [-0.25, -0.2) is 0 Å². The van der Waals surface area contributed by atoms with Gasteiger partial charge in [0, 0.05) is 23.7 Å². The van der Waals surface area contributed by atoms with Gasteiger partial charge < -0.3 is 25.4 Å². The van der Waals surface area contributed by atoms with E-state index in [2.05, 4.69) is 36.2 Å². The van der Waals surface area contributed by atoms with Crippen LogP contribution in [-0.2, 0) is 0 Å². The minimum absolute atomic E-state index is 0. The minimum Gasteiger partial charge on any atom is -0.490 e. The number of nitrogens with one attached hydrogen (secondary N) is 1. The molecule has 0 bridgehead atoms. The molecule has 152 valence electrons. The lowest BCUT2D eigenvalue weighted by Gasteiger charge is -2.44. The summed E-state index contributed by atoms with van der Waals surface area (Å²) < 4.78 is 11.4. The molecule has 0 radical (unpaired) electrons. The molecule has 1 fully saturated rings. The van der Waals surface area contributed by atoms with E-state index in [1.807, 2.05) is 18.2 Å². The van der Waals surface area contributed by atoms with Crippen LogP contribution in [0.4, 0.5) is 5.69 Å². The van der Waals surface area contributed by atoms with Crippen molar-refractivity contribution in [3.63, 3.8) is 0 Å². The normalized spacial score (nSPS) is 25.5. The van der Waals surface area contributed by atoms with Gasteiger partial charge in [0.05, 0.1) is 19.8 Å². The Bertz CT molecular complexity index is 653. The summed E-state index contributed by atoms with van der Waals surface area (Å²) in [5.74, 6) is 2.72. The first-order chi connectivity index (χ1) is 12.5. The Balaban J connectivity index is 0.00000261. The third-order valence-corrected chi connectivity index (χ3v) is 5.58. The van der Waals surface area contributed by atoms with Gasteiger partial charge in [0.15, 0.2) is 17.5 Å². The highest BCUT2D eigenvalue weighted by atomic mass is 127. The summed E-state index contributed by atoms with van der Waals surface area (Å²) in [6.07, 6.45) is 5.80. The number of nitrogens with two attached hydrogens (primary N) is 1. The van der Waals surface area contributed by atoms with Crippen LogP contribution < -0.4 is 20.5 Å². The van der Waals surface area contributed by atoms with Gasteiger partial charge in [-0.05, 0) is 45.0 Å². The fourth-order valence-electron chi connectivity index (χ4n) is 3.98. The van der Waals surface area contributed by atoms with Gasteiger partial charge >= 0.3 is 0 Å². The summed E-state index contributed by atoms with van der Waals surface area (Å²) in [5, 5.41) is 3.19. The van der Waals surface area contributed by atoms with E-state index in [9.17, 15) is 0 Å². The molecule has 7 heteroatoms. The van der Waals surface area contributed by atoms with Crippen LogP contribution in [0.2, 0.25) is 0 Å². The van der Waals surface area contributed by atoms with Crippen molar-refractivity contribution in [3.8, 4) is 11.5 Å². The van der Waals surface area contributed by atoms with Crippen molar-refractivity contribution >= 4 is 35.6 Å². The summed E-state index contributed by atoms with van der Waals surface area (Å²) in [7, 11) is 4.31. The molecule has 3 N–H and O–H groups in total. The maximum absolute atomic E-state index is 6.17. The Labute approximate surface area is 179 Å². The van der Waals surface area contributed by atoms with Crippen molar-refractivity contribution in [3.05, 3.63) is 18.2 Å². The third-order valence-electron chi connectivity index (χ3n) is 5.58. The lowest BCUT2D eigenvalue weighted by atomic mass is 9.75. The van der Waals surface area contributed by atoms with Crippen LogP contribution in [0.15, 0.2) is 23.2 Å². The van der Waals surface area contributed by atoms with E-state index in [0.29, 0.717) is 25.7 Å². The van der Waals surface area contributed by atoms with Crippen molar-refractivity contribution in [1.29, 1.82) is 0 Å². The van der Waals surface area contributed by atoms with Crippen LogP contribution in [-0.4, -0.2) is 50.3 Å². The largest absolute Gasteiger partial charge is 0.490 e. The quantitative estimate of drug-likeness (QED) is 0.384. The number of rotatable bonds is 4. The Hall–Kier alpha value is -1.22. The van der Waals surface area contributed by atoms with E-state index in [0.717, 1.165) is 29.5 Å². The average molecular weight is 488 g/mol. The molecule has 2 unspecified atom stereocenters. The highest BCUT2D eigenvalue weighted by molar-refractivity contribution is 14.0. The van der Waals surface area contributed by atoms with Crippen LogP contribution >= 0.6 is 24.0 Å². The van der Waals surface area contributed by atoms with E-state index in [-0.39, 0.29) is 29.5 Å². The SMILES string of the molecule is CC1CCCC(CN=C(N)Nc2ccc3c(c2)OCCCO3)(N(C)C)C1.I. The maximum Gasteiger partial charge on any atom is 0.193 e. The number of halogens is 1. The van der Waals surface area contributed by atoms with E-state index < -0.39 is 0 Å². The molecule has 3 rings (SSSR count). The molecule has 1 aromatic carbocycles. The monoisotopic (exact) mass is 488 g/mol. The van der Waals surface area contributed by atoms with Gasteiger partial charge in [-0.3, -0.25) is 4.99 Å². The number of hydrogen-bond donors (Lipinski definition) is 2. The van der Waals surface area contributed by atoms with Gasteiger partial charge in [0.2, 0.25) is 0 Å². The first-order valence-electron chi connectivity index (χ1n) is 9.62. The van der Waals surface area contributed by atoms with Gasteiger partial charge in [-0.15, -0.1) is 24.0 Å². The first-order valence-corrected chi connectivity index (χ1v) is 9.62. The highest BCUT2D eigenvalue weighted by Crippen LogP contribution is 2.36. The number of anilines is 1. The van der Waals surface area contributed by atoms with Crippen molar-refractivity contribution < 1.29 is 9.47 Å². The fourth-order valence-corrected chi connectivity index (χ4v) is 3.98. The third kappa shape index (κ3) is 5.63. The summed E-state index contributed by atoms with van der Waals surface area (Å²) in [6.45, 7) is 4.41. The molecule has 1 heterocycles. The minimum atomic E-state index is 0. The lowest BCUT2D eigenvalue weighted by molar-refractivity contribution is 0.0846. The first kappa shape index (κ1) is 22.1. The molecule has 2 aliphatic rings. The van der Waals surface area contributed by atoms with E-state index in [1.165, 1.54) is 25.7 Å². The number of guanidine groups is 1. The topological polar surface area (TPSA) is 72.1 Å². The second-order valence-corrected chi connectivity index (χ2v) is 7.86. The van der Waals surface area contributed by atoms with Crippen LogP contribution in [0, 0.1) is 5.92 Å². The predicted octanol–water partition coefficient (Wildman–Crippen LogP) is 3.70. The summed E-state index contributed by atoms with van der Waals surface area (Å²) in [4.78, 5) is 7.00. The standard InChI is InChI=1S/C20H32N4O2.HI/c1-15-6-4-9-20(13-15,24(2)3)14-22-19(21)23-16-7-8-17-18(12-16)26-11-5-10-25-17;/h7-8,12,15H,4-6,9-11,13-14H2,1-3H3,(H3,21,22,23);1H. The van der Waals surface area contributed by atoms with Crippen LogP contribution in [0.3, 0.4) is 0 Å². The molecule has 0 saturated heterocycles. The summed E-state index contributed by atoms with van der Waals surface area (Å²) in [6, 6.07) is 5.79. The van der Waals surface area contributed by atoms with Crippen molar-refractivity contribution in [2.24, 2.45) is 16.6 Å². The average Bonchev–Trinajstić information content (AvgIpc) is 2.85. The number of hydrogen-bond acceptors (Lipinski definition) is 4. The second kappa shape index (κ2) is 9.82. The smallest absolute Gasteiger partial charge is 0.193 e. The number of fused-ring (bicyclic) bond motifs is 1. The van der Waals surface area contributed by atoms with Crippen molar-refractivity contribution in [2.45, 2.75) is 44.6 Å². The summed E-state index contributed by atoms with van der Waals surface area (Å²) >= 11 is 0. The Morgan fingerprint density at radius 3 is 2.70 bits per heavy atom. The predicted molar refractivity (Wildman–Crippen MR) is 122 cm³/mol. The zero-order valence-electron chi connectivity index (χ0n) is 16.7. The maximum atomic E-state index is 6.17. The molecule has 2 atom stereocenters. The van der Waals surface area contributed by atoms with Gasteiger partial charge in [0.1, 0.15) is 0 Å². The molecule has 1 saturated carbocycles. The Morgan fingerprint density at radius 1 is 1.26 bits per heavy atom. The van der Waals surface area contributed by atoms with Crippen LogP contribution in [0.1, 0.15) is 39.0 Å². The van der Waals surface area contributed by atoms with Gasteiger partial charge in [0.25, 0.3) is 0 Å². The number of aliphatic imine (C=N–C) groups is 1. The van der Waals surface area contributed by atoms with Crippen molar-refractivity contribution in [2.75, 3.05) is 39.2 Å². The Kier molecular flexibility index (Phi) is 8.03. The molecule has 0 amide bonds. The molecule has 1 aliphatic heterocycles. The highest BCUT2D eigenvalue weighted by Gasteiger charge is 2.36. The van der Waals surface area contributed by atoms with Crippen LogP contribution in [0.5, 0.6) is 11.5 Å². The van der Waals surface area contributed by atoms with E-state index in [4.69, 9.17) is 15.2 Å². The summed E-state index contributed by atoms with van der Waals surface area (Å²) in [5.41, 5.74) is 7.14. The molecule has 1 aliphatic carbocycles. The Morgan fingerprint density at radius 2 is 2.00 bits per heavy atom. The van der Waals surface area contributed by atoms with Crippen LogP contribution in [0.25, 0.3) is 0 Å². The molecule has 0 spiro atoms. The van der Waals surface area contributed by atoms with Crippen molar-refractivity contribution in [1.82, 2.24) is 4.90 Å².